The fourth-order valence-corrected chi connectivity index (χ4v) is 4.26. The van der Waals surface area contributed by atoms with E-state index >= 15 is 0 Å². The van der Waals surface area contributed by atoms with E-state index < -0.39 is 0 Å². The third-order valence-corrected chi connectivity index (χ3v) is 5.27. The Morgan fingerprint density at radius 2 is 1.55 bits per heavy atom. The molecule has 0 aromatic heterocycles. The average Bonchev–Trinajstić information content (AvgIpc) is 2.60. The van der Waals surface area contributed by atoms with Gasteiger partial charge in [-0.3, -0.25) is 0 Å². The molecule has 0 saturated carbocycles. The van der Waals surface area contributed by atoms with E-state index in [9.17, 15) is 0 Å². The molecule has 0 unspecified atom stereocenters. The quantitative estimate of drug-likeness (QED) is 0.675. The van der Waals surface area contributed by atoms with E-state index in [1.165, 1.54) is 12.8 Å². The van der Waals surface area contributed by atoms with Gasteiger partial charge in [0.05, 0.1) is 0 Å². The minimum Gasteiger partial charge on any atom is -1.00 e. The molecule has 0 bridgehead atoms. The van der Waals surface area contributed by atoms with Crippen LogP contribution in [-0.2, 0) is 23.2 Å². The molecule has 0 aliphatic heterocycles. The van der Waals surface area contributed by atoms with E-state index in [1.807, 2.05) is 0 Å². The number of hydrogen-bond donors (Lipinski definition) is 0. The van der Waals surface area contributed by atoms with Gasteiger partial charge < -0.3 is 2.85 Å². The summed E-state index contributed by atoms with van der Waals surface area (Å²) in [7, 11) is 0. The number of allylic oxidation sites excluding steroid dienone is 8. The summed E-state index contributed by atoms with van der Waals surface area (Å²) in [6.45, 7) is 0. The van der Waals surface area contributed by atoms with Crippen molar-refractivity contribution in [2.75, 3.05) is 0 Å². The Morgan fingerprint density at radius 3 is 1.91 bits per heavy atom. The van der Waals surface area contributed by atoms with Crippen LogP contribution in [0.2, 0.25) is 0 Å². The van der Waals surface area contributed by atoms with E-state index in [-0.39, 0.29) is 26.1 Å². The fraction of sp³-hybridized carbons (Fsp3) is 0.200. The molecule has 11 heavy (non-hydrogen) atoms. The first-order valence-electron chi connectivity index (χ1n) is 3.93. The van der Waals surface area contributed by atoms with E-state index in [4.69, 9.17) is 0 Å². The summed E-state index contributed by atoms with van der Waals surface area (Å²) in [6, 6.07) is 0. The molecular formula is C10H12Zr. The van der Waals surface area contributed by atoms with Crippen LogP contribution in [-0.4, -0.2) is 0 Å². The maximum atomic E-state index is 2.31. The molecule has 0 aromatic rings. The van der Waals surface area contributed by atoms with Gasteiger partial charge >= 0.3 is 79.1 Å². The van der Waals surface area contributed by atoms with Crippen LogP contribution in [0, 0.1) is 0 Å². The van der Waals surface area contributed by atoms with Crippen LogP contribution in [0.4, 0.5) is 0 Å². The Labute approximate surface area is 81.9 Å². The monoisotopic (exact) mass is 222 g/mol. The van der Waals surface area contributed by atoms with Gasteiger partial charge in [-0.1, -0.05) is 0 Å². The van der Waals surface area contributed by atoms with Crippen LogP contribution >= 0.6 is 0 Å². The second-order valence-corrected chi connectivity index (χ2v) is 6.55. The summed E-state index contributed by atoms with van der Waals surface area (Å²) < 4.78 is 3.45. The zero-order chi connectivity index (χ0) is 7.52. The standard InChI is InChI=1S/2C5H5.Zr.2H/c2*1-2-4-5-3-1;;;/h2*1-3H,4H2;;;/q;;+2;2*-1. The third kappa shape index (κ3) is 1.90. The van der Waals surface area contributed by atoms with Crippen molar-refractivity contribution in [1.82, 2.24) is 0 Å². The SMILES string of the molecule is C1=CC[C]([Zr+2][C]2=CC=CC2)=C1.[H-].[H-]. The molecule has 0 amide bonds. The first-order chi connectivity index (χ1) is 5.45. The van der Waals surface area contributed by atoms with Gasteiger partial charge in [0, 0.05) is 0 Å². The maximum Gasteiger partial charge on any atom is -1.00 e. The van der Waals surface area contributed by atoms with Crippen molar-refractivity contribution in [2.45, 2.75) is 12.8 Å². The predicted molar refractivity (Wildman–Crippen MR) is 45.9 cm³/mol. The molecule has 0 fully saturated rings. The number of rotatable bonds is 2. The molecule has 2 aliphatic rings. The average molecular weight is 223 g/mol. The summed E-state index contributed by atoms with van der Waals surface area (Å²) >= 11 is -0.312. The summed E-state index contributed by atoms with van der Waals surface area (Å²) in [5.74, 6) is 0. The van der Waals surface area contributed by atoms with Crippen LogP contribution in [0.3, 0.4) is 0 Å². The first-order valence-corrected chi connectivity index (χ1v) is 6.39. The zero-order valence-corrected chi connectivity index (χ0v) is 8.84. The van der Waals surface area contributed by atoms with Gasteiger partial charge in [0.2, 0.25) is 0 Å². The Morgan fingerprint density at radius 1 is 1.00 bits per heavy atom. The topological polar surface area (TPSA) is 0 Å². The van der Waals surface area contributed by atoms with Crippen LogP contribution in [0.15, 0.2) is 43.0 Å². The van der Waals surface area contributed by atoms with Crippen molar-refractivity contribution in [2.24, 2.45) is 0 Å². The van der Waals surface area contributed by atoms with Gasteiger partial charge in [0.15, 0.2) is 0 Å². The molecule has 2 aliphatic carbocycles. The van der Waals surface area contributed by atoms with Crippen LogP contribution in [0.25, 0.3) is 0 Å². The first kappa shape index (κ1) is 7.49. The van der Waals surface area contributed by atoms with Crippen molar-refractivity contribution in [1.29, 1.82) is 0 Å². The summed E-state index contributed by atoms with van der Waals surface area (Å²) in [6.07, 6.45) is 16.0. The van der Waals surface area contributed by atoms with E-state index in [2.05, 4.69) is 36.5 Å². The molecule has 0 saturated heterocycles. The van der Waals surface area contributed by atoms with Gasteiger partial charge in [-0.05, 0) is 0 Å². The molecule has 0 radical (unpaired) electrons. The Kier molecular flexibility index (Phi) is 2.38. The molecule has 56 valence electrons. The molecule has 0 nitrogen and oxygen atoms in total. The van der Waals surface area contributed by atoms with Crippen LogP contribution in [0.1, 0.15) is 15.7 Å². The van der Waals surface area contributed by atoms with E-state index in [0.29, 0.717) is 0 Å². The summed E-state index contributed by atoms with van der Waals surface area (Å²) in [5.41, 5.74) is 0. The molecule has 0 N–H and O–H groups in total. The second-order valence-electron chi connectivity index (χ2n) is 2.77. The van der Waals surface area contributed by atoms with Gasteiger partial charge in [-0.25, -0.2) is 0 Å². The zero-order valence-electron chi connectivity index (χ0n) is 8.38. The Balaban J connectivity index is 0.000000720. The van der Waals surface area contributed by atoms with Gasteiger partial charge in [-0.15, -0.1) is 0 Å². The molecular weight excluding hydrogens is 211 g/mol. The van der Waals surface area contributed by atoms with Crippen molar-refractivity contribution < 1.29 is 26.1 Å². The van der Waals surface area contributed by atoms with E-state index in [0.717, 1.165) is 0 Å². The molecule has 0 aromatic carbocycles. The van der Waals surface area contributed by atoms with Crippen molar-refractivity contribution >= 4 is 0 Å². The molecule has 0 heterocycles. The number of hydrogen-bond acceptors (Lipinski definition) is 0. The second kappa shape index (κ2) is 3.49. The fourth-order valence-electron chi connectivity index (χ4n) is 1.29. The summed E-state index contributed by atoms with van der Waals surface area (Å²) in [5, 5.41) is 0. The van der Waals surface area contributed by atoms with Crippen molar-refractivity contribution in [3.8, 4) is 0 Å². The summed E-state index contributed by atoms with van der Waals surface area (Å²) in [4.78, 5) is 0. The van der Waals surface area contributed by atoms with Gasteiger partial charge in [-0.2, -0.15) is 0 Å². The Bertz CT molecular complexity index is 247. The van der Waals surface area contributed by atoms with Crippen molar-refractivity contribution in [3.63, 3.8) is 0 Å². The van der Waals surface area contributed by atoms with Crippen LogP contribution < -0.4 is 0 Å². The van der Waals surface area contributed by atoms with Crippen molar-refractivity contribution in [3.05, 3.63) is 43.0 Å². The minimum atomic E-state index is -0.312. The van der Waals surface area contributed by atoms with Gasteiger partial charge in [0.25, 0.3) is 0 Å². The molecule has 2 rings (SSSR count). The predicted octanol–water partition coefficient (Wildman–Crippen LogP) is 2.98. The minimum absolute atomic E-state index is 0. The third-order valence-electron chi connectivity index (χ3n) is 1.86. The van der Waals surface area contributed by atoms with E-state index in [1.54, 1.807) is 6.56 Å². The molecule has 0 atom stereocenters. The molecule has 1 heteroatoms. The molecule has 0 spiro atoms. The van der Waals surface area contributed by atoms with Gasteiger partial charge in [0.1, 0.15) is 0 Å². The van der Waals surface area contributed by atoms with Crippen LogP contribution in [0.5, 0.6) is 0 Å². The normalized spacial score (nSPS) is 20.0. The maximum absolute atomic E-state index is 2.31. The smallest absolute Gasteiger partial charge is 1.00 e. The Hall–Kier alpha value is -0.157. The largest absolute Gasteiger partial charge is 1.00 e.